The number of aromatic nitrogens is 2. The first-order valence-corrected chi connectivity index (χ1v) is 9.74. The lowest BCUT2D eigenvalue weighted by Gasteiger charge is -2.17. The number of hydrogen-bond acceptors (Lipinski definition) is 5. The number of fused-ring (bicyclic) bond motifs is 4. The minimum Gasteiger partial charge on any atom is -0.449 e. The SMILES string of the molecule is CCC(OC(=O)c1cccc2ocnc12)C(=O)n1c2ccccc2c2ccccc21. The van der Waals surface area contributed by atoms with Crippen molar-refractivity contribution < 1.29 is 18.7 Å². The van der Waals surface area contributed by atoms with Crippen LogP contribution >= 0.6 is 0 Å². The van der Waals surface area contributed by atoms with Crippen molar-refractivity contribution in [3.8, 4) is 0 Å². The molecule has 0 fully saturated rings. The van der Waals surface area contributed by atoms with E-state index < -0.39 is 12.1 Å². The summed E-state index contributed by atoms with van der Waals surface area (Å²) in [6.07, 6.45) is 0.696. The zero-order valence-electron chi connectivity index (χ0n) is 16.2. The number of hydrogen-bond donors (Lipinski definition) is 0. The van der Waals surface area contributed by atoms with E-state index in [2.05, 4.69) is 4.98 Å². The highest BCUT2D eigenvalue weighted by Crippen LogP contribution is 2.29. The molecular formula is C24H18N2O4. The number of oxazole rings is 1. The Balaban J connectivity index is 1.55. The summed E-state index contributed by atoms with van der Waals surface area (Å²) in [6.45, 7) is 1.82. The summed E-state index contributed by atoms with van der Waals surface area (Å²) >= 11 is 0. The van der Waals surface area contributed by atoms with E-state index in [0.717, 1.165) is 21.8 Å². The Morgan fingerprint density at radius 1 is 0.967 bits per heavy atom. The maximum Gasteiger partial charge on any atom is 0.341 e. The van der Waals surface area contributed by atoms with E-state index in [9.17, 15) is 9.59 Å². The number of nitrogens with zero attached hydrogens (tertiary/aromatic N) is 2. The van der Waals surface area contributed by atoms with Crippen molar-refractivity contribution in [3.63, 3.8) is 0 Å². The van der Waals surface area contributed by atoms with E-state index in [-0.39, 0.29) is 11.5 Å². The molecule has 1 atom stereocenters. The number of benzene rings is 3. The molecule has 2 aromatic heterocycles. The molecule has 30 heavy (non-hydrogen) atoms. The first-order valence-electron chi connectivity index (χ1n) is 9.74. The largest absolute Gasteiger partial charge is 0.449 e. The average molecular weight is 398 g/mol. The Kier molecular flexibility index (Phi) is 4.32. The average Bonchev–Trinajstić information content (AvgIpc) is 3.39. The summed E-state index contributed by atoms with van der Waals surface area (Å²) in [7, 11) is 0. The molecule has 0 aliphatic carbocycles. The van der Waals surface area contributed by atoms with Gasteiger partial charge >= 0.3 is 5.97 Å². The molecule has 6 nitrogen and oxygen atoms in total. The fraction of sp³-hybridized carbons (Fsp3) is 0.125. The Morgan fingerprint density at radius 3 is 2.30 bits per heavy atom. The van der Waals surface area contributed by atoms with Gasteiger partial charge in [0, 0.05) is 10.8 Å². The molecule has 0 aliphatic rings. The highest BCUT2D eigenvalue weighted by Gasteiger charge is 2.27. The van der Waals surface area contributed by atoms with Gasteiger partial charge in [0.15, 0.2) is 18.1 Å². The predicted molar refractivity (Wildman–Crippen MR) is 114 cm³/mol. The Morgan fingerprint density at radius 2 is 1.63 bits per heavy atom. The molecule has 6 heteroatoms. The molecule has 0 aliphatic heterocycles. The van der Waals surface area contributed by atoms with E-state index in [0.29, 0.717) is 17.5 Å². The van der Waals surface area contributed by atoms with Crippen LogP contribution in [0.3, 0.4) is 0 Å². The van der Waals surface area contributed by atoms with Gasteiger partial charge in [-0.15, -0.1) is 0 Å². The number of carbonyl (C=O) groups is 2. The number of ether oxygens (including phenoxy) is 1. The third kappa shape index (κ3) is 2.76. The van der Waals surface area contributed by atoms with Gasteiger partial charge in [0.1, 0.15) is 5.52 Å². The topological polar surface area (TPSA) is 74.3 Å². The van der Waals surface area contributed by atoms with Gasteiger partial charge in [-0.3, -0.25) is 9.36 Å². The molecule has 2 heterocycles. The van der Waals surface area contributed by atoms with Crippen molar-refractivity contribution in [2.75, 3.05) is 0 Å². The molecule has 0 radical (unpaired) electrons. The van der Waals surface area contributed by atoms with Crippen molar-refractivity contribution >= 4 is 44.8 Å². The number of para-hydroxylation sites is 3. The van der Waals surface area contributed by atoms with Gasteiger partial charge < -0.3 is 9.15 Å². The number of rotatable bonds is 4. The summed E-state index contributed by atoms with van der Waals surface area (Å²) in [5, 5.41) is 1.96. The van der Waals surface area contributed by atoms with Crippen molar-refractivity contribution in [2.45, 2.75) is 19.4 Å². The number of carbonyl (C=O) groups excluding carboxylic acids is 2. The van der Waals surface area contributed by atoms with Crippen molar-refractivity contribution in [1.82, 2.24) is 9.55 Å². The first-order chi connectivity index (χ1) is 14.7. The van der Waals surface area contributed by atoms with E-state index in [1.54, 1.807) is 22.8 Å². The summed E-state index contributed by atoms with van der Waals surface area (Å²) in [4.78, 5) is 30.5. The Labute approximate surface area is 171 Å². The molecule has 5 aromatic rings. The lowest BCUT2D eigenvalue weighted by molar-refractivity contribution is 0.0246. The lowest BCUT2D eigenvalue weighted by Crippen LogP contribution is -2.31. The summed E-state index contributed by atoms with van der Waals surface area (Å²) < 4.78 is 12.6. The molecule has 3 aromatic carbocycles. The third-order valence-electron chi connectivity index (χ3n) is 5.28. The van der Waals surface area contributed by atoms with Crippen LogP contribution in [0.5, 0.6) is 0 Å². The highest BCUT2D eigenvalue weighted by atomic mass is 16.5. The molecule has 0 saturated heterocycles. The maximum absolute atomic E-state index is 13.5. The Hall–Kier alpha value is -3.93. The van der Waals surface area contributed by atoms with Crippen LogP contribution in [0, 0.1) is 0 Å². The van der Waals surface area contributed by atoms with Crippen LogP contribution in [0.2, 0.25) is 0 Å². The predicted octanol–water partition coefficient (Wildman–Crippen LogP) is 5.21. The normalized spacial score (nSPS) is 12.4. The van der Waals surface area contributed by atoms with Crippen molar-refractivity contribution in [2.24, 2.45) is 0 Å². The number of esters is 1. The summed E-state index contributed by atoms with van der Waals surface area (Å²) in [5.74, 6) is -0.883. The molecule has 0 bridgehead atoms. The third-order valence-corrected chi connectivity index (χ3v) is 5.28. The van der Waals surface area contributed by atoms with Gasteiger partial charge in [-0.2, -0.15) is 0 Å². The van der Waals surface area contributed by atoms with Crippen LogP contribution in [0.25, 0.3) is 32.9 Å². The van der Waals surface area contributed by atoms with Crippen molar-refractivity contribution in [3.05, 3.63) is 78.7 Å². The summed E-state index contributed by atoms with van der Waals surface area (Å²) in [5.41, 5.74) is 2.76. The second kappa shape index (κ2) is 7.15. The minimum atomic E-state index is -0.932. The van der Waals surface area contributed by atoms with E-state index in [4.69, 9.17) is 9.15 Å². The van der Waals surface area contributed by atoms with Crippen LogP contribution in [0.15, 0.2) is 77.5 Å². The molecule has 148 valence electrons. The van der Waals surface area contributed by atoms with Gasteiger partial charge in [-0.1, -0.05) is 49.4 Å². The monoisotopic (exact) mass is 398 g/mol. The minimum absolute atomic E-state index is 0.273. The fourth-order valence-electron chi connectivity index (χ4n) is 3.86. The summed E-state index contributed by atoms with van der Waals surface area (Å²) in [6, 6.07) is 20.5. The van der Waals surface area contributed by atoms with Crippen LogP contribution < -0.4 is 0 Å². The molecular weight excluding hydrogens is 380 g/mol. The van der Waals surface area contributed by atoms with E-state index >= 15 is 0 Å². The highest BCUT2D eigenvalue weighted by molar-refractivity contribution is 6.14. The molecule has 0 spiro atoms. The molecule has 0 saturated carbocycles. The van der Waals surface area contributed by atoms with Gasteiger partial charge in [0.05, 0.1) is 16.6 Å². The van der Waals surface area contributed by atoms with Gasteiger partial charge in [0.25, 0.3) is 5.91 Å². The zero-order chi connectivity index (χ0) is 20.7. The standard InChI is InChI=1S/C24H18N2O4/c1-2-20(30-24(28)17-10-7-13-21-22(17)25-14-29-21)23(27)26-18-11-5-3-8-15(18)16-9-4-6-12-19(16)26/h3-14,20H,2H2,1H3. The lowest BCUT2D eigenvalue weighted by atomic mass is 10.2. The van der Waals surface area contributed by atoms with Gasteiger partial charge in [-0.05, 0) is 30.7 Å². The van der Waals surface area contributed by atoms with Crippen LogP contribution in [-0.4, -0.2) is 27.5 Å². The van der Waals surface area contributed by atoms with Crippen LogP contribution in [-0.2, 0) is 4.74 Å². The molecule has 0 amide bonds. The maximum atomic E-state index is 13.5. The molecule has 5 rings (SSSR count). The first kappa shape index (κ1) is 18.1. The quantitative estimate of drug-likeness (QED) is 0.389. The molecule has 0 N–H and O–H groups in total. The fourth-order valence-corrected chi connectivity index (χ4v) is 3.86. The smallest absolute Gasteiger partial charge is 0.341 e. The zero-order valence-corrected chi connectivity index (χ0v) is 16.2. The van der Waals surface area contributed by atoms with E-state index in [1.165, 1.54) is 6.39 Å². The second-order valence-electron chi connectivity index (χ2n) is 7.01. The van der Waals surface area contributed by atoms with Gasteiger partial charge in [-0.25, -0.2) is 9.78 Å². The molecule has 1 unspecified atom stereocenters. The van der Waals surface area contributed by atoms with Gasteiger partial charge in [0.2, 0.25) is 0 Å². The van der Waals surface area contributed by atoms with Crippen molar-refractivity contribution in [1.29, 1.82) is 0 Å². The van der Waals surface area contributed by atoms with Crippen LogP contribution in [0.1, 0.15) is 28.5 Å². The van der Waals surface area contributed by atoms with Crippen LogP contribution in [0.4, 0.5) is 0 Å². The Bertz CT molecular complexity index is 1360. The second-order valence-corrected chi connectivity index (χ2v) is 7.01. The van der Waals surface area contributed by atoms with E-state index in [1.807, 2.05) is 55.5 Å².